The number of carbonyl (C=O) groups is 2. The van der Waals surface area contributed by atoms with Crippen LogP contribution in [0.3, 0.4) is 0 Å². The van der Waals surface area contributed by atoms with E-state index in [1.165, 1.54) is 16.9 Å². The van der Waals surface area contributed by atoms with Crippen molar-refractivity contribution in [2.45, 2.75) is 19.9 Å². The van der Waals surface area contributed by atoms with Gasteiger partial charge in [0, 0.05) is 18.3 Å². The Hall–Kier alpha value is -4.15. The van der Waals surface area contributed by atoms with Crippen LogP contribution in [0.2, 0.25) is 0 Å². The van der Waals surface area contributed by atoms with Gasteiger partial charge in [0.15, 0.2) is 11.3 Å². The Morgan fingerprint density at radius 1 is 1.23 bits per heavy atom. The van der Waals surface area contributed by atoms with Crippen LogP contribution in [0.1, 0.15) is 39.9 Å². The Balaban J connectivity index is 1.80. The molecule has 3 N–H and O–H groups in total. The molecule has 9 nitrogen and oxygen atoms in total. The smallest absolute Gasteiger partial charge is 0.280 e. The quantitative estimate of drug-likeness (QED) is 0.492. The highest BCUT2D eigenvalue weighted by atomic mass is 19.3. The lowest BCUT2D eigenvalue weighted by Gasteiger charge is -2.08. The molecule has 4 rings (SSSR count). The summed E-state index contributed by atoms with van der Waals surface area (Å²) in [5, 5.41) is 10.5. The van der Waals surface area contributed by atoms with Crippen molar-refractivity contribution >= 4 is 23.1 Å². The molecule has 2 amide bonds. The molecular formula is C20H17F2N7O2. The van der Waals surface area contributed by atoms with Gasteiger partial charge in [-0.2, -0.15) is 10.2 Å². The molecule has 0 radical (unpaired) electrons. The lowest BCUT2D eigenvalue weighted by molar-refractivity contribution is 0.0995. The van der Waals surface area contributed by atoms with Crippen LogP contribution < -0.4 is 11.1 Å². The predicted octanol–water partition coefficient (Wildman–Crippen LogP) is 2.90. The summed E-state index contributed by atoms with van der Waals surface area (Å²) in [7, 11) is 0. The number of aromatic nitrogens is 5. The van der Waals surface area contributed by atoms with E-state index in [0.29, 0.717) is 12.1 Å². The van der Waals surface area contributed by atoms with E-state index >= 15 is 0 Å². The fourth-order valence-electron chi connectivity index (χ4n) is 3.10. The van der Waals surface area contributed by atoms with E-state index in [9.17, 15) is 18.4 Å². The standard InChI is InChI=1S/C20H17F2N7O2/c1-2-28-10-14(16(27-28)18(23)30)26-20(31)12-9-24-29-15(17(21)22)8-13(25-19(12)29)11-6-4-3-5-7-11/h3-10,17H,2H2,1H3,(H2,23,30)(H,26,31). The molecule has 0 saturated carbocycles. The molecule has 0 aliphatic heterocycles. The van der Waals surface area contributed by atoms with Gasteiger partial charge in [-0.1, -0.05) is 30.3 Å². The third-order valence-corrected chi connectivity index (χ3v) is 4.60. The van der Waals surface area contributed by atoms with Gasteiger partial charge in [-0.3, -0.25) is 14.3 Å². The van der Waals surface area contributed by atoms with Crippen LogP contribution >= 0.6 is 0 Å². The second-order valence-electron chi connectivity index (χ2n) is 6.59. The number of nitrogens with zero attached hydrogens (tertiary/aromatic N) is 5. The molecule has 0 unspecified atom stereocenters. The number of hydrogen-bond donors (Lipinski definition) is 2. The first kappa shape index (κ1) is 20.1. The maximum Gasteiger partial charge on any atom is 0.280 e. The number of nitrogens with two attached hydrogens (primary N) is 1. The largest absolute Gasteiger partial charge is 0.364 e. The molecule has 0 aliphatic rings. The normalized spacial score (nSPS) is 11.2. The van der Waals surface area contributed by atoms with Gasteiger partial charge in [-0.25, -0.2) is 18.3 Å². The first-order chi connectivity index (χ1) is 14.9. The van der Waals surface area contributed by atoms with Crippen molar-refractivity contribution in [3.05, 3.63) is 65.7 Å². The molecule has 3 heterocycles. The topological polar surface area (TPSA) is 120 Å². The van der Waals surface area contributed by atoms with Crippen molar-refractivity contribution in [3.8, 4) is 11.3 Å². The summed E-state index contributed by atoms with van der Waals surface area (Å²) >= 11 is 0. The molecule has 0 aliphatic carbocycles. The summed E-state index contributed by atoms with van der Waals surface area (Å²) in [6.45, 7) is 2.25. The Bertz CT molecular complexity index is 1280. The molecule has 0 saturated heterocycles. The van der Waals surface area contributed by atoms with E-state index in [4.69, 9.17) is 5.73 Å². The Morgan fingerprint density at radius 2 is 1.97 bits per heavy atom. The molecule has 1 aromatic carbocycles. The van der Waals surface area contributed by atoms with Crippen molar-refractivity contribution in [3.63, 3.8) is 0 Å². The van der Waals surface area contributed by atoms with Gasteiger partial charge in [0.05, 0.1) is 17.6 Å². The highest BCUT2D eigenvalue weighted by Gasteiger charge is 2.23. The predicted molar refractivity (Wildman–Crippen MR) is 108 cm³/mol. The summed E-state index contributed by atoms with van der Waals surface area (Å²) in [6, 6.07) is 9.98. The van der Waals surface area contributed by atoms with Gasteiger partial charge in [0.25, 0.3) is 18.2 Å². The van der Waals surface area contributed by atoms with Gasteiger partial charge in [-0.15, -0.1) is 0 Å². The van der Waals surface area contributed by atoms with Crippen molar-refractivity contribution in [1.82, 2.24) is 24.4 Å². The number of amides is 2. The molecule has 31 heavy (non-hydrogen) atoms. The summed E-state index contributed by atoms with van der Waals surface area (Å²) < 4.78 is 29.7. The van der Waals surface area contributed by atoms with Gasteiger partial charge in [-0.05, 0) is 13.0 Å². The third kappa shape index (κ3) is 3.72. The number of hydrogen-bond acceptors (Lipinski definition) is 5. The van der Waals surface area contributed by atoms with E-state index in [1.54, 1.807) is 37.3 Å². The van der Waals surface area contributed by atoms with Crippen LogP contribution in [0.15, 0.2) is 48.8 Å². The third-order valence-electron chi connectivity index (χ3n) is 4.60. The second kappa shape index (κ2) is 7.94. The molecule has 0 fully saturated rings. The van der Waals surface area contributed by atoms with E-state index in [0.717, 1.165) is 10.7 Å². The number of rotatable bonds is 6. The molecule has 0 spiro atoms. The minimum absolute atomic E-state index is 0.0423. The number of aryl methyl sites for hydroxylation is 1. The Kier molecular flexibility index (Phi) is 5.15. The fourth-order valence-corrected chi connectivity index (χ4v) is 3.10. The molecule has 158 valence electrons. The number of anilines is 1. The van der Waals surface area contributed by atoms with Crippen LogP contribution in [-0.4, -0.2) is 36.2 Å². The average Bonchev–Trinajstić information content (AvgIpc) is 3.37. The zero-order valence-corrected chi connectivity index (χ0v) is 16.3. The number of halogens is 2. The number of fused-ring (bicyclic) bond motifs is 1. The summed E-state index contributed by atoms with van der Waals surface area (Å²) in [4.78, 5) is 28.9. The zero-order valence-electron chi connectivity index (χ0n) is 16.3. The molecule has 3 aromatic heterocycles. The second-order valence-corrected chi connectivity index (χ2v) is 6.59. The Morgan fingerprint density at radius 3 is 2.61 bits per heavy atom. The summed E-state index contributed by atoms with van der Waals surface area (Å²) in [6.07, 6.45) is -0.239. The lowest BCUT2D eigenvalue weighted by Crippen LogP contribution is -2.18. The maximum atomic E-state index is 13.7. The van der Waals surface area contributed by atoms with Crippen molar-refractivity contribution in [1.29, 1.82) is 0 Å². The van der Waals surface area contributed by atoms with Gasteiger partial charge < -0.3 is 11.1 Å². The molecule has 0 bridgehead atoms. The summed E-state index contributed by atoms with van der Waals surface area (Å²) in [5.74, 6) is -1.50. The van der Waals surface area contributed by atoms with Crippen molar-refractivity contribution < 1.29 is 18.4 Å². The average molecular weight is 425 g/mol. The number of benzene rings is 1. The SMILES string of the molecule is CCn1cc(NC(=O)c2cnn3c(C(F)F)cc(-c4ccccc4)nc23)c(C(N)=O)n1. The fraction of sp³-hybridized carbons (Fsp3) is 0.150. The first-order valence-electron chi connectivity index (χ1n) is 9.30. The minimum Gasteiger partial charge on any atom is -0.364 e. The van der Waals surface area contributed by atoms with Crippen LogP contribution in [0.25, 0.3) is 16.9 Å². The van der Waals surface area contributed by atoms with E-state index in [-0.39, 0.29) is 28.3 Å². The van der Waals surface area contributed by atoms with E-state index in [1.807, 2.05) is 0 Å². The molecule has 11 heteroatoms. The number of primary amides is 1. The van der Waals surface area contributed by atoms with Crippen LogP contribution in [-0.2, 0) is 6.54 Å². The monoisotopic (exact) mass is 425 g/mol. The molecular weight excluding hydrogens is 408 g/mol. The van der Waals surface area contributed by atoms with Crippen LogP contribution in [0.5, 0.6) is 0 Å². The zero-order chi connectivity index (χ0) is 22.1. The minimum atomic E-state index is -2.84. The highest BCUT2D eigenvalue weighted by Crippen LogP contribution is 2.27. The van der Waals surface area contributed by atoms with Gasteiger partial charge in [0.2, 0.25) is 0 Å². The molecule has 4 aromatic rings. The number of nitrogens with one attached hydrogen (secondary N) is 1. The van der Waals surface area contributed by atoms with Crippen molar-refractivity contribution in [2.75, 3.05) is 5.32 Å². The lowest BCUT2D eigenvalue weighted by atomic mass is 10.1. The Labute approximate surface area is 174 Å². The maximum absolute atomic E-state index is 13.7. The first-order valence-corrected chi connectivity index (χ1v) is 9.30. The van der Waals surface area contributed by atoms with E-state index < -0.39 is 23.9 Å². The number of alkyl halides is 2. The highest BCUT2D eigenvalue weighted by molar-refractivity contribution is 6.10. The van der Waals surface area contributed by atoms with Crippen LogP contribution in [0.4, 0.5) is 14.5 Å². The van der Waals surface area contributed by atoms with E-state index in [2.05, 4.69) is 20.5 Å². The molecule has 0 atom stereocenters. The van der Waals surface area contributed by atoms with Crippen LogP contribution in [0, 0.1) is 0 Å². The summed E-state index contributed by atoms with van der Waals surface area (Å²) in [5.41, 5.74) is 5.71. The van der Waals surface area contributed by atoms with Gasteiger partial charge in [0.1, 0.15) is 11.3 Å². The van der Waals surface area contributed by atoms with Crippen molar-refractivity contribution in [2.24, 2.45) is 5.73 Å². The number of carbonyl (C=O) groups excluding carboxylic acids is 2. The van der Waals surface area contributed by atoms with Gasteiger partial charge >= 0.3 is 0 Å².